The lowest BCUT2D eigenvalue weighted by molar-refractivity contribution is 0.392. The van der Waals surface area contributed by atoms with Gasteiger partial charge >= 0.3 is 10.2 Å². The topological polar surface area (TPSA) is 124 Å². The van der Waals surface area contributed by atoms with E-state index in [1.165, 1.54) is 18.2 Å². The van der Waals surface area contributed by atoms with Crippen molar-refractivity contribution in [3.63, 3.8) is 0 Å². The molecule has 1 heterocycles. The molecule has 29 heavy (non-hydrogen) atoms. The van der Waals surface area contributed by atoms with E-state index >= 15 is 0 Å². The predicted octanol–water partition coefficient (Wildman–Crippen LogP) is 2.63. The summed E-state index contributed by atoms with van der Waals surface area (Å²) in [5.74, 6) is -0.837. The molecule has 3 aromatic rings. The number of phenolic OH excluding ortho intramolecular Hbond substituents is 1. The lowest BCUT2D eigenvalue weighted by Gasteiger charge is -2.16. The molecule has 1 aliphatic rings. The third-order valence-electron chi connectivity index (χ3n) is 4.50. The lowest BCUT2D eigenvalue weighted by atomic mass is 10.0. The fourth-order valence-electron chi connectivity index (χ4n) is 3.12. The summed E-state index contributed by atoms with van der Waals surface area (Å²) in [6, 6.07) is 14.7. The van der Waals surface area contributed by atoms with Crippen LogP contribution in [0.15, 0.2) is 71.6 Å². The molecule has 1 aliphatic heterocycles. The van der Waals surface area contributed by atoms with Gasteiger partial charge in [-0.15, -0.1) is 0 Å². The number of hydrogen-bond donors (Lipinski definition) is 3. The number of nitrogens with zero attached hydrogens (tertiary/aromatic N) is 1. The van der Waals surface area contributed by atoms with Gasteiger partial charge in [-0.25, -0.2) is 17.4 Å². The van der Waals surface area contributed by atoms with Crippen molar-refractivity contribution in [2.24, 2.45) is 0 Å². The van der Waals surface area contributed by atoms with Crippen molar-refractivity contribution in [3.8, 4) is 16.9 Å². The summed E-state index contributed by atoms with van der Waals surface area (Å²) in [6.45, 7) is 0. The number of fused-ring (bicyclic) bond motifs is 1. The van der Waals surface area contributed by atoms with E-state index in [2.05, 4.69) is 0 Å². The zero-order chi connectivity index (χ0) is 21.0. The van der Waals surface area contributed by atoms with Crippen molar-refractivity contribution in [3.05, 3.63) is 66.7 Å². The SMILES string of the molecule is CS(=O)(=O)c1cccc(-c2ccc3cc(O)c(N4C=C(O)NS4(=O)=O)cc3c2)c1. The van der Waals surface area contributed by atoms with Crippen LogP contribution in [0.4, 0.5) is 5.69 Å². The standard InChI is InChI=1S/C19H16N2O6S2/c1-28(24,25)16-4-2-3-12(8-16)13-5-6-14-10-18(22)17(9-15(14)7-13)21-11-19(23)20-29(21,26)27/h2-11,20,22-23H,1H3. The Morgan fingerprint density at radius 3 is 2.31 bits per heavy atom. The molecule has 150 valence electrons. The highest BCUT2D eigenvalue weighted by Gasteiger charge is 2.30. The first-order chi connectivity index (χ1) is 13.5. The van der Waals surface area contributed by atoms with Crippen LogP contribution in [0.2, 0.25) is 0 Å². The number of hydrogen-bond acceptors (Lipinski definition) is 6. The van der Waals surface area contributed by atoms with Gasteiger partial charge in [-0.2, -0.15) is 8.42 Å². The Balaban J connectivity index is 1.86. The normalized spacial score (nSPS) is 15.9. The second-order valence-electron chi connectivity index (χ2n) is 6.62. The monoisotopic (exact) mass is 432 g/mol. The molecule has 0 radical (unpaired) electrons. The first-order valence-corrected chi connectivity index (χ1v) is 11.7. The number of benzene rings is 3. The van der Waals surface area contributed by atoms with Crippen LogP contribution in [0, 0.1) is 0 Å². The molecule has 10 heteroatoms. The first kappa shape index (κ1) is 19.1. The van der Waals surface area contributed by atoms with Crippen LogP contribution in [-0.2, 0) is 20.0 Å². The molecule has 3 aromatic carbocycles. The van der Waals surface area contributed by atoms with E-state index in [9.17, 15) is 27.0 Å². The van der Waals surface area contributed by atoms with E-state index in [-0.39, 0.29) is 16.3 Å². The molecule has 0 aromatic heterocycles. The van der Waals surface area contributed by atoms with Gasteiger partial charge in [-0.3, -0.25) is 0 Å². The molecule has 0 atom stereocenters. The van der Waals surface area contributed by atoms with Crippen molar-refractivity contribution in [2.45, 2.75) is 4.90 Å². The third kappa shape index (κ3) is 3.47. The van der Waals surface area contributed by atoms with Crippen molar-refractivity contribution in [1.29, 1.82) is 0 Å². The van der Waals surface area contributed by atoms with Crippen molar-refractivity contribution in [1.82, 2.24) is 4.72 Å². The fraction of sp³-hybridized carbons (Fsp3) is 0.0526. The Morgan fingerprint density at radius 2 is 1.66 bits per heavy atom. The third-order valence-corrected chi connectivity index (χ3v) is 6.90. The van der Waals surface area contributed by atoms with Gasteiger partial charge in [0.1, 0.15) is 11.4 Å². The molecule has 0 unspecified atom stereocenters. The number of rotatable bonds is 3. The van der Waals surface area contributed by atoms with Crippen molar-refractivity contribution in [2.75, 3.05) is 10.6 Å². The van der Waals surface area contributed by atoms with Gasteiger partial charge in [0, 0.05) is 6.26 Å². The fourth-order valence-corrected chi connectivity index (χ4v) is 4.85. The molecular formula is C19H16N2O6S2. The van der Waals surface area contributed by atoms with Crippen LogP contribution in [0.5, 0.6) is 5.75 Å². The summed E-state index contributed by atoms with van der Waals surface area (Å²) < 4.78 is 50.5. The van der Waals surface area contributed by atoms with Crippen LogP contribution in [-0.4, -0.2) is 33.3 Å². The molecule has 4 rings (SSSR count). The van der Waals surface area contributed by atoms with Gasteiger partial charge in [-0.05, 0) is 52.2 Å². The number of anilines is 1. The zero-order valence-electron chi connectivity index (χ0n) is 15.1. The summed E-state index contributed by atoms with van der Waals surface area (Å²) in [5.41, 5.74) is 1.37. The van der Waals surface area contributed by atoms with Gasteiger partial charge in [0.25, 0.3) is 0 Å². The van der Waals surface area contributed by atoms with E-state index in [4.69, 9.17) is 0 Å². The van der Waals surface area contributed by atoms with Crippen LogP contribution in [0.25, 0.3) is 21.9 Å². The maximum atomic E-state index is 12.1. The molecule has 0 spiro atoms. The molecule has 8 nitrogen and oxygen atoms in total. The second kappa shape index (κ2) is 6.39. The number of aromatic hydroxyl groups is 1. The van der Waals surface area contributed by atoms with Crippen LogP contribution in [0.1, 0.15) is 0 Å². The summed E-state index contributed by atoms with van der Waals surface area (Å²) >= 11 is 0. The maximum absolute atomic E-state index is 12.1. The smallest absolute Gasteiger partial charge is 0.330 e. The molecule has 0 fully saturated rings. The van der Waals surface area contributed by atoms with Gasteiger partial charge in [-0.1, -0.05) is 24.3 Å². The second-order valence-corrected chi connectivity index (χ2v) is 10.2. The number of phenols is 1. The Kier molecular flexibility index (Phi) is 4.21. The highest BCUT2D eigenvalue weighted by atomic mass is 32.2. The highest BCUT2D eigenvalue weighted by molar-refractivity contribution is 7.91. The number of nitrogens with one attached hydrogen (secondary N) is 1. The van der Waals surface area contributed by atoms with E-state index in [1.807, 2.05) is 4.72 Å². The average Bonchev–Trinajstić information content (AvgIpc) is 2.92. The molecule has 0 saturated carbocycles. The summed E-state index contributed by atoms with van der Waals surface area (Å²) in [7, 11) is -7.41. The van der Waals surface area contributed by atoms with Crippen LogP contribution in [0.3, 0.4) is 0 Å². The van der Waals surface area contributed by atoms with E-state index in [1.54, 1.807) is 36.4 Å². The van der Waals surface area contributed by atoms with Crippen molar-refractivity contribution < 1.29 is 27.0 Å². The molecule has 0 aliphatic carbocycles. The Bertz CT molecular complexity index is 1400. The Hall–Kier alpha value is -3.24. The molecular weight excluding hydrogens is 416 g/mol. The molecule has 0 bridgehead atoms. The number of aliphatic hydroxyl groups excluding tert-OH is 1. The van der Waals surface area contributed by atoms with E-state index < -0.39 is 25.9 Å². The van der Waals surface area contributed by atoms with E-state index in [0.717, 1.165) is 22.3 Å². The summed E-state index contributed by atoms with van der Waals surface area (Å²) in [6.07, 6.45) is 2.09. The van der Waals surface area contributed by atoms with Crippen LogP contribution >= 0.6 is 0 Å². The molecule has 0 saturated heterocycles. The van der Waals surface area contributed by atoms with Crippen LogP contribution < -0.4 is 9.03 Å². The summed E-state index contributed by atoms with van der Waals surface area (Å²) in [5, 5.41) is 21.1. The molecule has 0 amide bonds. The maximum Gasteiger partial charge on any atom is 0.330 e. The Labute approximate surface area is 167 Å². The first-order valence-electron chi connectivity index (χ1n) is 8.35. The van der Waals surface area contributed by atoms with Gasteiger partial charge in [0.05, 0.1) is 11.1 Å². The lowest BCUT2D eigenvalue weighted by Crippen LogP contribution is -2.29. The molecule has 3 N–H and O–H groups in total. The average molecular weight is 432 g/mol. The van der Waals surface area contributed by atoms with Crippen molar-refractivity contribution >= 4 is 36.5 Å². The largest absolute Gasteiger partial charge is 0.506 e. The van der Waals surface area contributed by atoms with Gasteiger partial charge in [0.2, 0.25) is 5.88 Å². The van der Waals surface area contributed by atoms with Gasteiger partial charge < -0.3 is 10.2 Å². The van der Waals surface area contributed by atoms with Gasteiger partial charge in [0.15, 0.2) is 9.84 Å². The van der Waals surface area contributed by atoms with E-state index in [0.29, 0.717) is 16.3 Å². The quantitative estimate of drug-likeness (QED) is 0.584. The minimum absolute atomic E-state index is 0.0314. The summed E-state index contributed by atoms with van der Waals surface area (Å²) in [4.78, 5) is 0.191. The minimum Gasteiger partial charge on any atom is -0.506 e. The minimum atomic E-state index is -4.05. The predicted molar refractivity (Wildman–Crippen MR) is 109 cm³/mol. The number of aliphatic hydroxyl groups is 1. The highest BCUT2D eigenvalue weighted by Crippen LogP contribution is 2.37. The number of sulfone groups is 1. The zero-order valence-corrected chi connectivity index (χ0v) is 16.7. The Morgan fingerprint density at radius 1 is 0.931 bits per heavy atom.